The summed E-state index contributed by atoms with van der Waals surface area (Å²) in [7, 11) is -4.03. The molecule has 2 aromatic rings. The van der Waals surface area contributed by atoms with Gasteiger partial charge in [-0.15, -0.1) is 0 Å². The second-order valence-corrected chi connectivity index (χ2v) is 6.26. The summed E-state index contributed by atoms with van der Waals surface area (Å²) in [4.78, 5) is -0.308. The molecule has 0 amide bonds. The van der Waals surface area contributed by atoms with Crippen LogP contribution in [0.15, 0.2) is 51.8 Å². The first-order valence-electron chi connectivity index (χ1n) is 5.16. The third-order valence-corrected chi connectivity index (χ3v) is 4.24. The van der Waals surface area contributed by atoms with Crippen molar-refractivity contribution in [2.75, 3.05) is 4.72 Å². The Kier molecular flexibility index (Phi) is 3.77. The van der Waals surface area contributed by atoms with Gasteiger partial charge in [0.2, 0.25) is 0 Å². The minimum absolute atomic E-state index is 0.188. The summed E-state index contributed by atoms with van der Waals surface area (Å²) in [5.74, 6) is -1.11. The third kappa shape index (κ3) is 3.05. The number of benzene rings is 2. The van der Waals surface area contributed by atoms with Crippen LogP contribution < -0.4 is 4.72 Å². The number of rotatable bonds is 3. The van der Waals surface area contributed by atoms with Crippen LogP contribution in [0.4, 0.5) is 10.1 Å². The van der Waals surface area contributed by atoms with Crippen LogP contribution in [0, 0.1) is 5.82 Å². The van der Waals surface area contributed by atoms with Crippen LogP contribution in [-0.2, 0) is 10.0 Å². The maximum atomic E-state index is 13.6. The summed E-state index contributed by atoms with van der Waals surface area (Å²) in [6, 6.07) is 9.37. The summed E-state index contributed by atoms with van der Waals surface area (Å²) in [6.45, 7) is 0. The molecule has 2 N–H and O–H groups in total. The molecule has 0 aromatic heterocycles. The van der Waals surface area contributed by atoms with Gasteiger partial charge in [0.05, 0.1) is 5.69 Å². The molecule has 0 aliphatic rings. The van der Waals surface area contributed by atoms with E-state index < -0.39 is 21.6 Å². The van der Waals surface area contributed by atoms with E-state index in [1.165, 1.54) is 36.4 Å². The molecule has 0 saturated heterocycles. The maximum Gasteiger partial charge on any atom is 0.265 e. The Morgan fingerprint density at radius 1 is 1.16 bits per heavy atom. The summed E-state index contributed by atoms with van der Waals surface area (Å²) < 4.78 is 40.2. The molecule has 0 fully saturated rings. The smallest absolute Gasteiger partial charge is 0.265 e. The van der Waals surface area contributed by atoms with Gasteiger partial charge in [-0.05, 0) is 30.3 Å². The molecule has 0 aliphatic heterocycles. The van der Waals surface area contributed by atoms with Gasteiger partial charge in [-0.25, -0.2) is 12.8 Å². The number of phenols is 1. The molecule has 0 atom stereocenters. The van der Waals surface area contributed by atoms with Crippen molar-refractivity contribution in [3.8, 4) is 5.75 Å². The number of phenolic OH excluding ortho intramolecular Hbond substituents is 1. The van der Waals surface area contributed by atoms with E-state index in [0.29, 0.717) is 4.47 Å². The van der Waals surface area contributed by atoms with Crippen molar-refractivity contribution in [3.63, 3.8) is 0 Å². The Bertz CT molecular complexity index is 719. The Morgan fingerprint density at radius 3 is 2.47 bits per heavy atom. The number of halogens is 2. The van der Waals surface area contributed by atoms with Gasteiger partial charge in [0, 0.05) is 4.47 Å². The van der Waals surface area contributed by atoms with E-state index in [1.54, 1.807) is 0 Å². The Morgan fingerprint density at radius 2 is 1.84 bits per heavy atom. The van der Waals surface area contributed by atoms with Gasteiger partial charge in [-0.2, -0.15) is 0 Å². The topological polar surface area (TPSA) is 66.4 Å². The zero-order valence-electron chi connectivity index (χ0n) is 9.47. The van der Waals surface area contributed by atoms with Crippen molar-refractivity contribution in [3.05, 3.63) is 52.8 Å². The number of nitrogens with one attached hydrogen (secondary N) is 1. The monoisotopic (exact) mass is 345 g/mol. The first-order valence-corrected chi connectivity index (χ1v) is 7.43. The van der Waals surface area contributed by atoms with Crippen LogP contribution in [0.3, 0.4) is 0 Å². The lowest BCUT2D eigenvalue weighted by molar-refractivity contribution is 0.459. The molecule has 0 spiro atoms. The average Bonchev–Trinajstić information content (AvgIpc) is 2.33. The minimum Gasteiger partial charge on any atom is -0.507 e. The first-order chi connectivity index (χ1) is 8.90. The van der Waals surface area contributed by atoms with Crippen molar-refractivity contribution < 1.29 is 17.9 Å². The lowest BCUT2D eigenvalue weighted by Crippen LogP contribution is -2.14. The standard InChI is InChI=1S/C12H9BrFNO3S/c13-8-5-6-10(9(14)7-8)15-19(17,18)12-4-2-1-3-11(12)16/h1-7,15-16H. The molecule has 7 heteroatoms. The van der Waals surface area contributed by atoms with Crippen molar-refractivity contribution in [2.24, 2.45) is 0 Å². The van der Waals surface area contributed by atoms with Crippen LogP contribution in [0.1, 0.15) is 0 Å². The van der Waals surface area contributed by atoms with Crippen molar-refractivity contribution >= 4 is 31.6 Å². The Labute approximate surface area is 118 Å². The van der Waals surface area contributed by atoms with Crippen molar-refractivity contribution in [1.82, 2.24) is 0 Å². The molecule has 0 unspecified atom stereocenters. The van der Waals surface area contributed by atoms with E-state index in [-0.39, 0.29) is 10.6 Å². The normalized spacial score (nSPS) is 11.3. The maximum absolute atomic E-state index is 13.6. The predicted molar refractivity (Wildman–Crippen MR) is 73.0 cm³/mol. The number of hydrogen-bond donors (Lipinski definition) is 2. The molecule has 4 nitrogen and oxygen atoms in total. The van der Waals surface area contributed by atoms with E-state index >= 15 is 0 Å². The van der Waals surface area contributed by atoms with Crippen LogP contribution in [0.5, 0.6) is 5.75 Å². The SMILES string of the molecule is O=S(=O)(Nc1ccc(Br)cc1F)c1ccccc1O. The van der Waals surface area contributed by atoms with Gasteiger partial charge >= 0.3 is 0 Å². The summed E-state index contributed by atoms with van der Waals surface area (Å²) in [5.41, 5.74) is -0.188. The zero-order chi connectivity index (χ0) is 14.0. The zero-order valence-corrected chi connectivity index (χ0v) is 11.9. The van der Waals surface area contributed by atoms with E-state index in [0.717, 1.165) is 6.07 Å². The number of aromatic hydroxyl groups is 1. The third-order valence-electron chi connectivity index (χ3n) is 2.33. The fourth-order valence-corrected chi connectivity index (χ4v) is 2.96. The minimum atomic E-state index is -4.03. The molecule has 100 valence electrons. The van der Waals surface area contributed by atoms with Gasteiger partial charge in [0.1, 0.15) is 16.5 Å². The highest BCUT2D eigenvalue weighted by molar-refractivity contribution is 9.10. The second kappa shape index (κ2) is 5.18. The van der Waals surface area contributed by atoms with E-state index in [9.17, 15) is 17.9 Å². The fourth-order valence-electron chi connectivity index (χ4n) is 1.46. The highest BCUT2D eigenvalue weighted by Gasteiger charge is 2.19. The van der Waals surface area contributed by atoms with Crippen LogP contribution in [-0.4, -0.2) is 13.5 Å². The number of para-hydroxylation sites is 1. The summed E-state index contributed by atoms with van der Waals surface area (Å²) >= 11 is 3.08. The number of anilines is 1. The second-order valence-electron chi connectivity index (χ2n) is 3.70. The Hall–Kier alpha value is -1.60. The molecule has 19 heavy (non-hydrogen) atoms. The van der Waals surface area contributed by atoms with E-state index in [4.69, 9.17) is 0 Å². The Balaban J connectivity index is 2.40. The molecule has 0 saturated carbocycles. The van der Waals surface area contributed by atoms with Gasteiger partial charge in [0.15, 0.2) is 0 Å². The molecule has 0 radical (unpaired) electrons. The highest BCUT2D eigenvalue weighted by Crippen LogP contribution is 2.26. The van der Waals surface area contributed by atoms with Gasteiger partial charge in [0.25, 0.3) is 10.0 Å². The number of hydrogen-bond acceptors (Lipinski definition) is 3. The molecule has 0 aliphatic carbocycles. The van der Waals surface area contributed by atoms with Crippen LogP contribution in [0.25, 0.3) is 0 Å². The van der Waals surface area contributed by atoms with Gasteiger partial charge < -0.3 is 5.11 Å². The summed E-state index contributed by atoms with van der Waals surface area (Å²) in [5, 5.41) is 9.52. The first kappa shape index (κ1) is 13.8. The largest absolute Gasteiger partial charge is 0.507 e. The van der Waals surface area contributed by atoms with Gasteiger partial charge in [-0.1, -0.05) is 28.1 Å². The van der Waals surface area contributed by atoms with E-state index in [1.807, 2.05) is 0 Å². The van der Waals surface area contributed by atoms with Crippen LogP contribution in [0.2, 0.25) is 0 Å². The van der Waals surface area contributed by atoms with E-state index in [2.05, 4.69) is 20.7 Å². The van der Waals surface area contributed by atoms with Crippen LogP contribution >= 0.6 is 15.9 Å². The summed E-state index contributed by atoms with van der Waals surface area (Å²) in [6.07, 6.45) is 0. The molecule has 2 rings (SSSR count). The lowest BCUT2D eigenvalue weighted by Gasteiger charge is -2.10. The highest BCUT2D eigenvalue weighted by atomic mass is 79.9. The quantitative estimate of drug-likeness (QED) is 0.898. The molecule has 0 heterocycles. The predicted octanol–water partition coefficient (Wildman–Crippen LogP) is 3.09. The van der Waals surface area contributed by atoms with Crippen molar-refractivity contribution in [1.29, 1.82) is 0 Å². The van der Waals surface area contributed by atoms with Gasteiger partial charge in [-0.3, -0.25) is 4.72 Å². The molecular formula is C12H9BrFNO3S. The average molecular weight is 346 g/mol. The molecule has 0 bridgehead atoms. The molecular weight excluding hydrogens is 337 g/mol. The fraction of sp³-hybridized carbons (Fsp3) is 0. The lowest BCUT2D eigenvalue weighted by atomic mass is 10.3. The number of sulfonamides is 1. The molecule has 2 aromatic carbocycles. The van der Waals surface area contributed by atoms with Crippen molar-refractivity contribution in [2.45, 2.75) is 4.90 Å².